The lowest BCUT2D eigenvalue weighted by molar-refractivity contribution is -0.119. The molecule has 0 spiro atoms. The van der Waals surface area contributed by atoms with Crippen molar-refractivity contribution in [2.45, 2.75) is 19.3 Å². The van der Waals surface area contributed by atoms with Crippen LogP contribution in [-0.2, 0) is 4.79 Å². The molecular formula is C12H16N2O2. The van der Waals surface area contributed by atoms with E-state index in [1.165, 1.54) is 0 Å². The van der Waals surface area contributed by atoms with Gasteiger partial charge in [-0.25, -0.2) is 0 Å². The molecule has 4 nitrogen and oxygen atoms in total. The fourth-order valence-electron chi connectivity index (χ4n) is 1.99. The van der Waals surface area contributed by atoms with E-state index in [1.54, 1.807) is 0 Å². The Morgan fingerprint density at radius 2 is 2.38 bits per heavy atom. The van der Waals surface area contributed by atoms with Crippen LogP contribution in [-0.4, -0.2) is 19.1 Å². The van der Waals surface area contributed by atoms with Crippen molar-refractivity contribution in [3.63, 3.8) is 0 Å². The van der Waals surface area contributed by atoms with Crippen molar-refractivity contribution in [2.75, 3.05) is 18.9 Å². The molecule has 1 aliphatic heterocycles. The molecule has 0 saturated carbocycles. The van der Waals surface area contributed by atoms with Gasteiger partial charge in [0.05, 0.1) is 6.61 Å². The van der Waals surface area contributed by atoms with Gasteiger partial charge in [0.2, 0.25) is 5.91 Å². The van der Waals surface area contributed by atoms with Crippen molar-refractivity contribution >= 4 is 11.6 Å². The van der Waals surface area contributed by atoms with E-state index >= 15 is 0 Å². The lowest BCUT2D eigenvalue weighted by Crippen LogP contribution is -2.13. The first-order valence-electron chi connectivity index (χ1n) is 5.49. The van der Waals surface area contributed by atoms with Gasteiger partial charge in [0.25, 0.3) is 0 Å². The number of rotatable bonds is 3. The summed E-state index contributed by atoms with van der Waals surface area (Å²) in [6, 6.07) is 5.62. The zero-order valence-electron chi connectivity index (χ0n) is 9.32. The third kappa shape index (κ3) is 2.10. The van der Waals surface area contributed by atoms with Crippen LogP contribution in [0.2, 0.25) is 0 Å². The molecular weight excluding hydrogens is 204 g/mol. The summed E-state index contributed by atoms with van der Waals surface area (Å²) in [6.07, 6.45) is 0.532. The molecule has 1 aliphatic rings. The Balaban J connectivity index is 2.28. The summed E-state index contributed by atoms with van der Waals surface area (Å²) in [5.74, 6) is 1.10. The molecule has 1 saturated heterocycles. The molecule has 1 amide bonds. The number of nitrogen functional groups attached to an aromatic ring is 1. The molecule has 0 unspecified atom stereocenters. The maximum Gasteiger partial charge on any atom is 0.220 e. The normalized spacial score (nSPS) is 19.6. The van der Waals surface area contributed by atoms with Crippen LogP contribution in [0.25, 0.3) is 0 Å². The lowest BCUT2D eigenvalue weighted by atomic mass is 9.97. The Morgan fingerprint density at radius 3 is 3.00 bits per heavy atom. The van der Waals surface area contributed by atoms with Crippen LogP contribution in [0.15, 0.2) is 18.2 Å². The largest absolute Gasteiger partial charge is 0.494 e. The number of hydrogen-bond acceptors (Lipinski definition) is 3. The minimum atomic E-state index is 0.101. The lowest BCUT2D eigenvalue weighted by Gasteiger charge is -2.14. The number of benzene rings is 1. The molecule has 0 aliphatic carbocycles. The number of nitrogens with two attached hydrogens (primary N) is 1. The molecule has 1 fully saturated rings. The topological polar surface area (TPSA) is 64.3 Å². The average molecular weight is 220 g/mol. The molecule has 16 heavy (non-hydrogen) atoms. The number of amides is 1. The summed E-state index contributed by atoms with van der Waals surface area (Å²) in [5, 5.41) is 2.83. The summed E-state index contributed by atoms with van der Waals surface area (Å²) in [4.78, 5) is 11.2. The van der Waals surface area contributed by atoms with E-state index in [1.807, 2.05) is 25.1 Å². The first kappa shape index (κ1) is 10.8. The average Bonchev–Trinajstić information content (AvgIpc) is 2.65. The van der Waals surface area contributed by atoms with Crippen molar-refractivity contribution in [3.8, 4) is 5.75 Å². The van der Waals surface area contributed by atoms with Crippen molar-refractivity contribution in [2.24, 2.45) is 0 Å². The number of nitrogens with one attached hydrogen (secondary N) is 1. The molecule has 0 radical (unpaired) electrons. The molecule has 1 atom stereocenters. The van der Waals surface area contributed by atoms with Gasteiger partial charge in [0, 0.05) is 30.6 Å². The maximum atomic E-state index is 11.2. The Kier molecular flexibility index (Phi) is 2.99. The number of carbonyl (C=O) groups is 1. The van der Waals surface area contributed by atoms with E-state index in [9.17, 15) is 4.79 Å². The summed E-state index contributed by atoms with van der Waals surface area (Å²) in [6.45, 7) is 3.22. The molecule has 86 valence electrons. The molecule has 0 bridgehead atoms. The molecule has 2 rings (SSSR count). The minimum Gasteiger partial charge on any atom is -0.494 e. The molecule has 0 aromatic heterocycles. The van der Waals surface area contributed by atoms with E-state index in [-0.39, 0.29) is 11.8 Å². The van der Waals surface area contributed by atoms with Crippen molar-refractivity contribution in [1.29, 1.82) is 0 Å². The summed E-state index contributed by atoms with van der Waals surface area (Å²) < 4.78 is 5.55. The highest BCUT2D eigenvalue weighted by Gasteiger charge is 2.25. The van der Waals surface area contributed by atoms with Crippen LogP contribution >= 0.6 is 0 Å². The van der Waals surface area contributed by atoms with E-state index in [2.05, 4.69) is 5.32 Å². The number of ether oxygens (including phenoxy) is 1. The fourth-order valence-corrected chi connectivity index (χ4v) is 1.99. The second kappa shape index (κ2) is 4.43. The Bertz CT molecular complexity index is 404. The van der Waals surface area contributed by atoms with E-state index in [0.29, 0.717) is 25.3 Å². The zero-order chi connectivity index (χ0) is 11.5. The maximum absolute atomic E-state index is 11.2. The van der Waals surface area contributed by atoms with E-state index < -0.39 is 0 Å². The summed E-state index contributed by atoms with van der Waals surface area (Å²) in [5.41, 5.74) is 7.47. The number of anilines is 1. The third-order valence-corrected chi connectivity index (χ3v) is 2.75. The van der Waals surface area contributed by atoms with Crippen molar-refractivity contribution in [3.05, 3.63) is 23.8 Å². The van der Waals surface area contributed by atoms with Gasteiger partial charge in [-0.3, -0.25) is 4.79 Å². The van der Waals surface area contributed by atoms with Gasteiger partial charge >= 0.3 is 0 Å². The van der Waals surface area contributed by atoms with Crippen LogP contribution in [0.1, 0.15) is 24.8 Å². The van der Waals surface area contributed by atoms with E-state index in [4.69, 9.17) is 10.5 Å². The zero-order valence-corrected chi connectivity index (χ0v) is 9.32. The Morgan fingerprint density at radius 1 is 1.56 bits per heavy atom. The quantitative estimate of drug-likeness (QED) is 0.754. The van der Waals surface area contributed by atoms with Gasteiger partial charge < -0.3 is 15.8 Å². The Labute approximate surface area is 94.8 Å². The number of hydrogen-bond donors (Lipinski definition) is 2. The highest BCUT2D eigenvalue weighted by Crippen LogP contribution is 2.32. The van der Waals surface area contributed by atoms with Crippen molar-refractivity contribution in [1.82, 2.24) is 5.32 Å². The summed E-state index contributed by atoms with van der Waals surface area (Å²) in [7, 11) is 0. The number of carbonyl (C=O) groups excluding carboxylic acids is 1. The fraction of sp³-hybridized carbons (Fsp3) is 0.417. The smallest absolute Gasteiger partial charge is 0.220 e. The monoisotopic (exact) mass is 220 g/mol. The van der Waals surface area contributed by atoms with Crippen LogP contribution in [0.4, 0.5) is 5.69 Å². The Hall–Kier alpha value is -1.71. The predicted molar refractivity (Wildman–Crippen MR) is 62.4 cm³/mol. The van der Waals surface area contributed by atoms with E-state index in [0.717, 1.165) is 11.3 Å². The SMILES string of the molecule is CCOc1cc(N)ccc1[C@H]1CNC(=O)C1. The first-order chi connectivity index (χ1) is 7.70. The minimum absolute atomic E-state index is 0.101. The second-order valence-electron chi connectivity index (χ2n) is 3.94. The van der Waals surface area contributed by atoms with Gasteiger partial charge in [0.1, 0.15) is 5.75 Å². The summed E-state index contributed by atoms with van der Waals surface area (Å²) >= 11 is 0. The van der Waals surface area contributed by atoms with Gasteiger partial charge in [-0.15, -0.1) is 0 Å². The van der Waals surface area contributed by atoms with Gasteiger partial charge in [-0.05, 0) is 18.6 Å². The van der Waals surface area contributed by atoms with Gasteiger partial charge in [0.15, 0.2) is 0 Å². The highest BCUT2D eigenvalue weighted by atomic mass is 16.5. The van der Waals surface area contributed by atoms with Crippen LogP contribution in [0, 0.1) is 0 Å². The molecule has 1 heterocycles. The van der Waals surface area contributed by atoms with Crippen molar-refractivity contribution < 1.29 is 9.53 Å². The van der Waals surface area contributed by atoms with Crippen LogP contribution in [0.3, 0.4) is 0 Å². The first-order valence-corrected chi connectivity index (χ1v) is 5.49. The molecule has 4 heteroatoms. The third-order valence-electron chi connectivity index (χ3n) is 2.75. The predicted octanol–water partition coefficient (Wildman–Crippen LogP) is 1.27. The highest BCUT2D eigenvalue weighted by molar-refractivity contribution is 5.79. The molecule has 3 N–H and O–H groups in total. The standard InChI is InChI=1S/C12H16N2O2/c1-2-16-11-6-9(13)3-4-10(11)8-5-12(15)14-7-8/h3-4,6,8H,2,5,7,13H2,1H3,(H,14,15)/t8-/m1/s1. The van der Waals surface area contributed by atoms with Gasteiger partial charge in [-0.2, -0.15) is 0 Å². The van der Waals surface area contributed by atoms with Gasteiger partial charge in [-0.1, -0.05) is 6.07 Å². The second-order valence-corrected chi connectivity index (χ2v) is 3.94. The van der Waals surface area contributed by atoms with Crippen LogP contribution in [0.5, 0.6) is 5.75 Å². The van der Waals surface area contributed by atoms with Crippen LogP contribution < -0.4 is 15.8 Å². The molecule has 1 aromatic rings. The molecule has 1 aromatic carbocycles.